The van der Waals surface area contributed by atoms with Crippen molar-refractivity contribution in [3.05, 3.63) is 52.7 Å². The van der Waals surface area contributed by atoms with Gasteiger partial charge in [-0.2, -0.15) is 4.31 Å². The second-order valence-corrected chi connectivity index (χ2v) is 9.18. The van der Waals surface area contributed by atoms with Crippen molar-refractivity contribution in [1.29, 1.82) is 0 Å². The van der Waals surface area contributed by atoms with E-state index in [4.69, 9.17) is 0 Å². The Hall–Kier alpha value is -2.72. The molecular formula is C19H24N5O4S+. The zero-order valence-corrected chi connectivity index (χ0v) is 16.8. The van der Waals surface area contributed by atoms with Crippen LogP contribution < -0.4 is 14.8 Å². The molecule has 2 fully saturated rings. The Morgan fingerprint density at radius 3 is 2.24 bits per heavy atom. The molecule has 0 unspecified atom stereocenters. The summed E-state index contributed by atoms with van der Waals surface area (Å²) in [5.41, 5.74) is 0.303. The van der Waals surface area contributed by atoms with Crippen molar-refractivity contribution in [1.82, 2.24) is 4.31 Å². The van der Waals surface area contributed by atoms with Crippen LogP contribution >= 0.6 is 0 Å². The maximum Gasteiger partial charge on any atom is 0.293 e. The van der Waals surface area contributed by atoms with Gasteiger partial charge in [-0.3, -0.25) is 15.0 Å². The molecule has 0 atom stereocenters. The van der Waals surface area contributed by atoms with E-state index in [1.807, 2.05) is 29.3 Å². The number of anilines is 2. The number of rotatable bonds is 5. The molecule has 9 nitrogen and oxygen atoms in total. The predicted molar refractivity (Wildman–Crippen MR) is 109 cm³/mol. The van der Waals surface area contributed by atoms with Gasteiger partial charge in [0.2, 0.25) is 10.0 Å². The minimum Gasteiger partial charge on any atom is -0.358 e. The quantitative estimate of drug-likeness (QED) is 0.539. The third-order valence-corrected chi connectivity index (χ3v) is 7.39. The van der Waals surface area contributed by atoms with Gasteiger partial charge in [0.15, 0.2) is 0 Å². The third-order valence-electron chi connectivity index (χ3n) is 5.50. The molecule has 0 amide bonds. The first kappa shape index (κ1) is 19.6. The summed E-state index contributed by atoms with van der Waals surface area (Å²) in [6.45, 7) is 3.59. The van der Waals surface area contributed by atoms with Gasteiger partial charge < -0.3 is 4.90 Å². The standard InChI is InChI=1S/C19H23N5O4S/c25-24(26)18-15-16(29(27,28)23-9-3-4-10-23)6-7-17(18)21-11-13-22(14-12-21)19-5-1-2-8-20-19/h1-2,5-8,15H,3-4,9-14H2/p+1. The maximum absolute atomic E-state index is 12.8. The van der Waals surface area contributed by atoms with Crippen molar-refractivity contribution in [3.8, 4) is 0 Å². The fraction of sp³-hybridized carbons (Fsp3) is 0.421. The maximum atomic E-state index is 12.8. The van der Waals surface area contributed by atoms with E-state index in [9.17, 15) is 18.5 Å². The van der Waals surface area contributed by atoms with E-state index in [0.29, 0.717) is 45.0 Å². The number of aromatic nitrogens is 1. The predicted octanol–water partition coefficient (Wildman–Crippen LogP) is 1.52. The normalized spacial score (nSPS) is 18.2. The van der Waals surface area contributed by atoms with Crippen molar-refractivity contribution in [2.45, 2.75) is 17.7 Å². The summed E-state index contributed by atoms with van der Waals surface area (Å²) in [5.74, 6) is 1.01. The Kier molecular flexibility index (Phi) is 5.37. The summed E-state index contributed by atoms with van der Waals surface area (Å²) in [7, 11) is -3.69. The molecule has 0 radical (unpaired) electrons. The van der Waals surface area contributed by atoms with Crippen LogP contribution in [-0.2, 0) is 10.0 Å². The van der Waals surface area contributed by atoms with Gasteiger partial charge in [-0.15, -0.1) is 0 Å². The van der Waals surface area contributed by atoms with E-state index in [1.165, 1.54) is 16.4 Å². The topological polar surface area (TPSA) is 101 Å². The lowest BCUT2D eigenvalue weighted by Gasteiger charge is -2.32. The fourth-order valence-corrected chi connectivity index (χ4v) is 5.46. The summed E-state index contributed by atoms with van der Waals surface area (Å²) in [5, 5.41) is 11.7. The van der Waals surface area contributed by atoms with Crippen LogP contribution in [0.25, 0.3) is 0 Å². The molecule has 2 saturated heterocycles. The molecule has 1 N–H and O–H groups in total. The van der Waals surface area contributed by atoms with Gasteiger partial charge in [-0.1, -0.05) is 6.07 Å². The highest BCUT2D eigenvalue weighted by Crippen LogP contribution is 2.33. The zero-order chi connectivity index (χ0) is 20.4. The van der Waals surface area contributed by atoms with E-state index < -0.39 is 14.9 Å². The van der Waals surface area contributed by atoms with Crippen molar-refractivity contribution >= 4 is 27.2 Å². The number of aromatic amines is 1. The lowest BCUT2D eigenvalue weighted by molar-refractivity contribution is -0.384. The molecule has 0 spiro atoms. The van der Waals surface area contributed by atoms with E-state index in [1.54, 1.807) is 6.07 Å². The number of pyridine rings is 1. The van der Waals surface area contributed by atoms with E-state index in [0.717, 1.165) is 18.7 Å². The van der Waals surface area contributed by atoms with Crippen molar-refractivity contribution in [2.75, 3.05) is 49.1 Å². The van der Waals surface area contributed by atoms with Crippen LogP contribution in [0.2, 0.25) is 0 Å². The van der Waals surface area contributed by atoms with Crippen molar-refractivity contribution in [2.24, 2.45) is 0 Å². The molecule has 3 heterocycles. The lowest BCUT2D eigenvalue weighted by atomic mass is 10.2. The smallest absolute Gasteiger partial charge is 0.293 e. The summed E-state index contributed by atoms with van der Waals surface area (Å²) in [6.07, 6.45) is 3.51. The van der Waals surface area contributed by atoms with Crippen LogP contribution in [0.5, 0.6) is 0 Å². The number of nitrogens with one attached hydrogen (secondary N) is 1. The largest absolute Gasteiger partial charge is 0.358 e. The molecule has 0 bridgehead atoms. The second-order valence-electron chi connectivity index (χ2n) is 7.24. The summed E-state index contributed by atoms with van der Waals surface area (Å²) < 4.78 is 27.0. The molecule has 10 heteroatoms. The van der Waals surface area contributed by atoms with Gasteiger partial charge in [0.05, 0.1) is 29.1 Å². The molecule has 0 aliphatic carbocycles. The highest BCUT2D eigenvalue weighted by molar-refractivity contribution is 7.89. The van der Waals surface area contributed by atoms with E-state index in [2.05, 4.69) is 9.88 Å². The van der Waals surface area contributed by atoms with Gasteiger partial charge in [0.1, 0.15) is 18.8 Å². The van der Waals surface area contributed by atoms with E-state index in [-0.39, 0.29) is 10.6 Å². The zero-order valence-electron chi connectivity index (χ0n) is 16.0. The molecule has 2 aromatic rings. The van der Waals surface area contributed by atoms with Gasteiger partial charge in [0, 0.05) is 25.2 Å². The van der Waals surface area contributed by atoms with Crippen molar-refractivity contribution in [3.63, 3.8) is 0 Å². The Labute approximate surface area is 169 Å². The average Bonchev–Trinajstić information content (AvgIpc) is 3.30. The highest BCUT2D eigenvalue weighted by Gasteiger charge is 2.32. The highest BCUT2D eigenvalue weighted by atomic mass is 32.2. The summed E-state index contributed by atoms with van der Waals surface area (Å²) in [4.78, 5) is 18.5. The molecule has 1 aromatic carbocycles. The molecular weight excluding hydrogens is 394 g/mol. The Bertz CT molecular complexity index is 985. The first-order chi connectivity index (χ1) is 14.0. The van der Waals surface area contributed by atoms with Gasteiger partial charge in [-0.05, 0) is 31.0 Å². The SMILES string of the molecule is O=[N+]([O-])c1cc(S(=O)(=O)N2CCCC2)ccc1N1CCN(c2cccc[nH+]2)CC1. The van der Waals surface area contributed by atoms with Gasteiger partial charge >= 0.3 is 0 Å². The number of benzene rings is 1. The van der Waals surface area contributed by atoms with Crippen molar-refractivity contribution < 1.29 is 18.3 Å². The summed E-state index contributed by atoms with van der Waals surface area (Å²) >= 11 is 0. The molecule has 154 valence electrons. The Morgan fingerprint density at radius 1 is 0.931 bits per heavy atom. The lowest BCUT2D eigenvalue weighted by Crippen LogP contribution is -2.48. The number of nitro groups is 1. The van der Waals surface area contributed by atoms with Crippen LogP contribution in [-0.4, -0.2) is 56.9 Å². The van der Waals surface area contributed by atoms with Crippen LogP contribution in [0.4, 0.5) is 17.2 Å². The third kappa shape index (κ3) is 3.90. The van der Waals surface area contributed by atoms with Crippen LogP contribution in [0.1, 0.15) is 12.8 Å². The molecule has 2 aliphatic rings. The number of H-pyrrole nitrogens is 1. The molecule has 2 aliphatic heterocycles. The molecule has 1 aromatic heterocycles. The monoisotopic (exact) mass is 418 g/mol. The molecule has 4 rings (SSSR count). The fourth-order valence-electron chi connectivity index (χ4n) is 3.92. The molecule has 0 saturated carbocycles. The molecule has 29 heavy (non-hydrogen) atoms. The van der Waals surface area contributed by atoms with Crippen LogP contribution in [0.3, 0.4) is 0 Å². The van der Waals surface area contributed by atoms with Crippen LogP contribution in [0.15, 0.2) is 47.5 Å². The average molecular weight is 418 g/mol. The second kappa shape index (κ2) is 7.96. The van der Waals surface area contributed by atoms with Gasteiger partial charge in [0.25, 0.3) is 11.5 Å². The Balaban J connectivity index is 1.56. The van der Waals surface area contributed by atoms with Gasteiger partial charge in [-0.25, -0.2) is 13.4 Å². The number of hydrogen-bond donors (Lipinski definition) is 0. The number of piperazine rings is 1. The minimum absolute atomic E-state index is 0.00706. The first-order valence-corrected chi connectivity index (χ1v) is 11.2. The number of nitrogens with zero attached hydrogens (tertiary/aromatic N) is 4. The number of hydrogen-bond acceptors (Lipinski definition) is 6. The number of nitro benzene ring substituents is 1. The van der Waals surface area contributed by atoms with Crippen LogP contribution in [0, 0.1) is 10.1 Å². The minimum atomic E-state index is -3.69. The van der Waals surface area contributed by atoms with E-state index >= 15 is 0 Å². The summed E-state index contributed by atoms with van der Waals surface area (Å²) in [6, 6.07) is 10.2. The first-order valence-electron chi connectivity index (χ1n) is 9.72. The number of sulfonamides is 1. The Morgan fingerprint density at radius 2 is 1.62 bits per heavy atom.